The summed E-state index contributed by atoms with van der Waals surface area (Å²) in [4.78, 5) is 20.5. The van der Waals surface area contributed by atoms with Crippen LogP contribution in [0, 0.1) is 0 Å². The molecule has 2 aromatic heterocycles. The number of rotatable bonds is 7. The third kappa shape index (κ3) is 4.60. The lowest BCUT2D eigenvalue weighted by molar-refractivity contribution is -0.119. The van der Waals surface area contributed by atoms with Crippen LogP contribution in [0.4, 0.5) is 0 Å². The summed E-state index contributed by atoms with van der Waals surface area (Å²) in [5.41, 5.74) is 3.92. The Balaban J connectivity index is 1.51. The summed E-state index contributed by atoms with van der Waals surface area (Å²) in [7, 11) is 0. The molecule has 146 valence electrons. The zero-order valence-electron chi connectivity index (χ0n) is 16.0. The van der Waals surface area contributed by atoms with Gasteiger partial charge in [0.25, 0.3) is 0 Å². The van der Waals surface area contributed by atoms with Crippen molar-refractivity contribution >= 4 is 17.7 Å². The highest BCUT2D eigenvalue weighted by Gasteiger charge is 2.16. The molecule has 0 aliphatic heterocycles. The second kappa shape index (κ2) is 8.84. The number of carbonyl (C=O) groups is 1. The lowest BCUT2D eigenvalue weighted by Gasteiger charge is -2.10. The Morgan fingerprint density at radius 3 is 2.38 bits per heavy atom. The summed E-state index contributed by atoms with van der Waals surface area (Å²) in [6.45, 7) is 1.90. The average molecular weight is 404 g/mol. The van der Waals surface area contributed by atoms with Crippen molar-refractivity contribution in [1.82, 2.24) is 15.3 Å². The SMILES string of the molecule is C[C@@H](NC(=O)CSc1nc(-c2ccccc2)c(-c2ccccc2)[nH]1)c1ccco1. The highest BCUT2D eigenvalue weighted by atomic mass is 32.2. The van der Waals surface area contributed by atoms with Crippen LogP contribution in [0.15, 0.2) is 88.6 Å². The molecule has 2 N–H and O–H groups in total. The van der Waals surface area contributed by atoms with Crippen LogP contribution in [0.1, 0.15) is 18.7 Å². The number of H-pyrrole nitrogens is 1. The number of hydrogen-bond acceptors (Lipinski definition) is 4. The minimum absolute atomic E-state index is 0.0715. The molecule has 5 nitrogen and oxygen atoms in total. The first kappa shape index (κ1) is 19.1. The van der Waals surface area contributed by atoms with E-state index in [1.807, 2.05) is 79.7 Å². The first-order chi connectivity index (χ1) is 14.2. The van der Waals surface area contributed by atoms with Gasteiger partial charge < -0.3 is 14.7 Å². The molecular formula is C23H21N3O2S. The Morgan fingerprint density at radius 1 is 1.03 bits per heavy atom. The van der Waals surface area contributed by atoms with Gasteiger partial charge in [-0.25, -0.2) is 4.98 Å². The molecule has 1 atom stereocenters. The summed E-state index contributed by atoms with van der Waals surface area (Å²) in [6, 6.07) is 23.6. The summed E-state index contributed by atoms with van der Waals surface area (Å²) in [6.07, 6.45) is 1.60. The highest BCUT2D eigenvalue weighted by molar-refractivity contribution is 7.99. The topological polar surface area (TPSA) is 70.9 Å². The van der Waals surface area contributed by atoms with Crippen LogP contribution >= 0.6 is 11.8 Å². The molecule has 0 saturated heterocycles. The predicted molar refractivity (Wildman–Crippen MR) is 115 cm³/mol. The lowest BCUT2D eigenvalue weighted by Crippen LogP contribution is -2.27. The Labute approximate surface area is 173 Å². The highest BCUT2D eigenvalue weighted by Crippen LogP contribution is 2.32. The summed E-state index contributed by atoms with van der Waals surface area (Å²) >= 11 is 1.38. The fourth-order valence-electron chi connectivity index (χ4n) is 3.06. The fourth-order valence-corrected chi connectivity index (χ4v) is 3.75. The molecule has 29 heavy (non-hydrogen) atoms. The maximum Gasteiger partial charge on any atom is 0.231 e. The van der Waals surface area contributed by atoms with Crippen molar-refractivity contribution in [1.29, 1.82) is 0 Å². The maximum atomic E-state index is 12.3. The first-order valence-electron chi connectivity index (χ1n) is 9.37. The van der Waals surface area contributed by atoms with Gasteiger partial charge in [0.15, 0.2) is 5.16 Å². The molecule has 0 spiro atoms. The van der Waals surface area contributed by atoms with Gasteiger partial charge in [-0.2, -0.15) is 0 Å². The molecule has 2 aromatic carbocycles. The van der Waals surface area contributed by atoms with E-state index in [1.54, 1.807) is 6.26 Å². The van der Waals surface area contributed by atoms with E-state index in [0.717, 1.165) is 28.3 Å². The molecular weight excluding hydrogens is 382 g/mol. The van der Waals surface area contributed by atoms with Crippen LogP contribution in [-0.2, 0) is 4.79 Å². The lowest BCUT2D eigenvalue weighted by atomic mass is 10.1. The molecule has 1 amide bonds. The van der Waals surface area contributed by atoms with Crippen molar-refractivity contribution in [3.8, 4) is 22.5 Å². The van der Waals surface area contributed by atoms with E-state index in [0.29, 0.717) is 5.16 Å². The molecule has 0 fully saturated rings. The third-order valence-electron chi connectivity index (χ3n) is 4.48. The molecule has 0 radical (unpaired) electrons. The van der Waals surface area contributed by atoms with Crippen LogP contribution < -0.4 is 5.32 Å². The zero-order valence-corrected chi connectivity index (χ0v) is 16.8. The number of aromatic amines is 1. The van der Waals surface area contributed by atoms with E-state index in [1.165, 1.54) is 11.8 Å². The van der Waals surface area contributed by atoms with Crippen molar-refractivity contribution in [2.24, 2.45) is 0 Å². The number of benzene rings is 2. The average Bonchev–Trinajstić information content (AvgIpc) is 3.44. The first-order valence-corrected chi connectivity index (χ1v) is 10.4. The van der Waals surface area contributed by atoms with Crippen LogP contribution in [0.25, 0.3) is 22.5 Å². The van der Waals surface area contributed by atoms with Crippen molar-refractivity contribution in [2.45, 2.75) is 18.1 Å². The number of aromatic nitrogens is 2. The quantitative estimate of drug-likeness (QED) is 0.411. The van der Waals surface area contributed by atoms with Gasteiger partial charge in [-0.1, -0.05) is 72.4 Å². The maximum absolute atomic E-state index is 12.3. The van der Waals surface area contributed by atoms with Crippen molar-refractivity contribution in [3.05, 3.63) is 84.8 Å². The molecule has 0 aliphatic carbocycles. The van der Waals surface area contributed by atoms with Gasteiger partial charge in [0.2, 0.25) is 5.91 Å². The van der Waals surface area contributed by atoms with Crippen molar-refractivity contribution in [2.75, 3.05) is 5.75 Å². The number of carbonyl (C=O) groups excluding carboxylic acids is 1. The predicted octanol–water partition coefficient (Wildman–Crippen LogP) is 5.31. The number of furan rings is 1. The van der Waals surface area contributed by atoms with E-state index in [2.05, 4.69) is 10.3 Å². The number of amides is 1. The number of nitrogens with one attached hydrogen (secondary N) is 2. The monoisotopic (exact) mass is 403 g/mol. The standard InChI is InChI=1S/C23H21N3O2S/c1-16(19-13-8-14-28-19)24-20(27)15-29-23-25-21(17-9-4-2-5-10-17)22(26-23)18-11-6-3-7-12-18/h2-14,16H,15H2,1H3,(H,24,27)(H,25,26)/t16-/m1/s1. The van der Waals surface area contributed by atoms with Crippen LogP contribution in [0.3, 0.4) is 0 Å². The number of imidazole rings is 1. The second-order valence-electron chi connectivity index (χ2n) is 6.59. The summed E-state index contributed by atoms with van der Waals surface area (Å²) < 4.78 is 5.34. The molecule has 0 saturated carbocycles. The van der Waals surface area contributed by atoms with Crippen molar-refractivity contribution < 1.29 is 9.21 Å². The van der Waals surface area contributed by atoms with Gasteiger partial charge in [0.05, 0.1) is 29.4 Å². The normalized spacial score (nSPS) is 11.9. The summed E-state index contributed by atoms with van der Waals surface area (Å²) in [5, 5.41) is 3.65. The van der Waals surface area contributed by atoms with Gasteiger partial charge in [-0.15, -0.1) is 0 Å². The van der Waals surface area contributed by atoms with E-state index in [4.69, 9.17) is 9.40 Å². The van der Waals surface area contributed by atoms with E-state index in [-0.39, 0.29) is 17.7 Å². The van der Waals surface area contributed by atoms with E-state index < -0.39 is 0 Å². The Morgan fingerprint density at radius 2 is 1.72 bits per heavy atom. The molecule has 0 unspecified atom stereocenters. The van der Waals surface area contributed by atoms with Crippen molar-refractivity contribution in [3.63, 3.8) is 0 Å². The van der Waals surface area contributed by atoms with Crippen LogP contribution in [0.2, 0.25) is 0 Å². The number of thioether (sulfide) groups is 1. The molecule has 0 aliphatic rings. The Hall–Kier alpha value is -3.25. The van der Waals surface area contributed by atoms with Crippen LogP contribution in [-0.4, -0.2) is 21.6 Å². The Kier molecular flexibility index (Phi) is 5.81. The summed E-state index contributed by atoms with van der Waals surface area (Å²) in [5.74, 6) is 0.929. The molecule has 2 heterocycles. The van der Waals surface area contributed by atoms with Gasteiger partial charge in [-0.05, 0) is 19.1 Å². The second-order valence-corrected chi connectivity index (χ2v) is 7.55. The van der Waals surface area contributed by atoms with Gasteiger partial charge >= 0.3 is 0 Å². The molecule has 4 aromatic rings. The largest absolute Gasteiger partial charge is 0.467 e. The number of nitrogens with zero attached hydrogens (tertiary/aromatic N) is 1. The van der Waals surface area contributed by atoms with Crippen LogP contribution in [0.5, 0.6) is 0 Å². The molecule has 6 heteroatoms. The van der Waals surface area contributed by atoms with Gasteiger partial charge in [-0.3, -0.25) is 4.79 Å². The minimum atomic E-state index is -0.172. The van der Waals surface area contributed by atoms with E-state index in [9.17, 15) is 4.79 Å². The van der Waals surface area contributed by atoms with Gasteiger partial charge in [0.1, 0.15) is 5.76 Å². The Bertz CT molecular complexity index is 1000. The van der Waals surface area contributed by atoms with E-state index >= 15 is 0 Å². The number of hydrogen-bond donors (Lipinski definition) is 2. The minimum Gasteiger partial charge on any atom is -0.467 e. The fraction of sp³-hybridized carbons (Fsp3) is 0.130. The zero-order chi connectivity index (χ0) is 20.1. The third-order valence-corrected chi connectivity index (χ3v) is 5.35. The smallest absolute Gasteiger partial charge is 0.231 e. The molecule has 4 rings (SSSR count). The molecule has 0 bridgehead atoms. The van der Waals surface area contributed by atoms with Gasteiger partial charge in [0, 0.05) is 11.1 Å².